The van der Waals surface area contributed by atoms with Crippen molar-refractivity contribution in [1.82, 2.24) is 15.2 Å². The third kappa shape index (κ3) is 6.47. The van der Waals surface area contributed by atoms with Gasteiger partial charge in [-0.15, -0.1) is 11.3 Å². The van der Waals surface area contributed by atoms with Crippen LogP contribution < -0.4 is 20.1 Å². The number of likely N-dealkylation sites (N-methyl/N-ethyl adjacent to an activating group) is 1. The number of carbonyl (C=O) groups is 2. The summed E-state index contributed by atoms with van der Waals surface area (Å²) in [6.07, 6.45) is 3.58. The molecule has 1 aliphatic rings. The van der Waals surface area contributed by atoms with E-state index in [0.29, 0.717) is 27.8 Å². The molecule has 1 unspecified atom stereocenters. The first-order valence-corrected chi connectivity index (χ1v) is 13.3. The molecule has 1 atom stereocenters. The maximum absolute atomic E-state index is 13.1. The second-order valence-corrected chi connectivity index (χ2v) is 10.3. The zero-order valence-corrected chi connectivity index (χ0v) is 22.6. The fourth-order valence-electron chi connectivity index (χ4n) is 4.39. The zero-order valence-electron chi connectivity index (χ0n) is 21.8. The van der Waals surface area contributed by atoms with Crippen LogP contribution in [0.2, 0.25) is 0 Å². The molecule has 37 heavy (non-hydrogen) atoms. The number of fused-ring (bicyclic) bond motifs is 1. The second-order valence-electron chi connectivity index (χ2n) is 9.19. The van der Waals surface area contributed by atoms with Crippen molar-refractivity contribution in [2.45, 2.75) is 45.2 Å². The average molecular weight is 523 g/mol. The molecule has 1 aliphatic heterocycles. The fraction of sp³-hybridized carbons (Fsp3) is 0.393. The van der Waals surface area contributed by atoms with E-state index in [-0.39, 0.29) is 17.9 Å². The Kier molecular flexibility index (Phi) is 8.78. The van der Waals surface area contributed by atoms with E-state index < -0.39 is 0 Å². The lowest BCUT2D eigenvalue weighted by Crippen LogP contribution is -2.29. The van der Waals surface area contributed by atoms with Crippen LogP contribution in [-0.4, -0.2) is 49.5 Å². The SMILES string of the molecule is CCCCC(NC(=O)c1ccc(OC)c(OC)c1)c1cccc(C(=O)Nc2nc3c(s2)CN(C)CC3)c1. The molecular weight excluding hydrogens is 488 g/mol. The van der Waals surface area contributed by atoms with Gasteiger partial charge in [-0.25, -0.2) is 4.98 Å². The summed E-state index contributed by atoms with van der Waals surface area (Å²) in [5.41, 5.74) is 2.97. The molecule has 3 aromatic rings. The highest BCUT2D eigenvalue weighted by atomic mass is 32.1. The number of aromatic nitrogens is 1. The van der Waals surface area contributed by atoms with Gasteiger partial charge >= 0.3 is 0 Å². The van der Waals surface area contributed by atoms with Crippen LogP contribution in [0.5, 0.6) is 11.5 Å². The molecule has 0 spiro atoms. The molecule has 1 aromatic heterocycles. The van der Waals surface area contributed by atoms with Crippen LogP contribution in [0.3, 0.4) is 0 Å². The monoisotopic (exact) mass is 522 g/mol. The Bertz CT molecular complexity index is 1260. The molecule has 2 amide bonds. The third-order valence-electron chi connectivity index (χ3n) is 6.49. The highest BCUT2D eigenvalue weighted by molar-refractivity contribution is 7.15. The van der Waals surface area contributed by atoms with Crippen LogP contribution in [0.1, 0.15) is 69.1 Å². The zero-order chi connectivity index (χ0) is 26.4. The summed E-state index contributed by atoms with van der Waals surface area (Å²) >= 11 is 1.53. The van der Waals surface area contributed by atoms with Crippen molar-refractivity contribution in [2.75, 3.05) is 33.1 Å². The van der Waals surface area contributed by atoms with Gasteiger partial charge in [-0.05, 0) is 49.4 Å². The molecule has 0 saturated carbocycles. The fourth-order valence-corrected chi connectivity index (χ4v) is 5.48. The molecule has 0 saturated heterocycles. The number of nitrogens with one attached hydrogen (secondary N) is 2. The number of ether oxygens (including phenoxy) is 2. The number of thiazole rings is 1. The normalized spacial score (nSPS) is 13.9. The molecule has 196 valence electrons. The van der Waals surface area contributed by atoms with E-state index in [0.717, 1.165) is 50.0 Å². The van der Waals surface area contributed by atoms with Crippen LogP contribution in [0.25, 0.3) is 0 Å². The highest BCUT2D eigenvalue weighted by Crippen LogP contribution is 2.30. The van der Waals surface area contributed by atoms with E-state index in [2.05, 4.69) is 34.5 Å². The lowest BCUT2D eigenvalue weighted by Gasteiger charge is -2.20. The van der Waals surface area contributed by atoms with Crippen LogP contribution >= 0.6 is 11.3 Å². The van der Waals surface area contributed by atoms with Gasteiger partial charge in [-0.1, -0.05) is 31.9 Å². The van der Waals surface area contributed by atoms with Crippen molar-refractivity contribution in [3.63, 3.8) is 0 Å². The number of benzene rings is 2. The van der Waals surface area contributed by atoms with Crippen LogP contribution in [0.15, 0.2) is 42.5 Å². The van der Waals surface area contributed by atoms with Gasteiger partial charge in [0.25, 0.3) is 11.8 Å². The van der Waals surface area contributed by atoms with Gasteiger partial charge in [0.2, 0.25) is 0 Å². The molecule has 0 bridgehead atoms. The number of hydrogen-bond donors (Lipinski definition) is 2. The highest BCUT2D eigenvalue weighted by Gasteiger charge is 2.21. The molecule has 0 fully saturated rings. The maximum atomic E-state index is 13.1. The van der Waals surface area contributed by atoms with Crippen molar-refractivity contribution >= 4 is 28.3 Å². The maximum Gasteiger partial charge on any atom is 0.257 e. The molecule has 0 radical (unpaired) electrons. The topological polar surface area (TPSA) is 92.8 Å². The lowest BCUT2D eigenvalue weighted by atomic mass is 9.98. The van der Waals surface area contributed by atoms with Gasteiger partial charge < -0.3 is 19.7 Å². The predicted octanol–water partition coefficient (Wildman–Crippen LogP) is 5.06. The van der Waals surface area contributed by atoms with Crippen molar-refractivity contribution in [2.24, 2.45) is 0 Å². The summed E-state index contributed by atoms with van der Waals surface area (Å²) in [6, 6.07) is 12.3. The second kappa shape index (κ2) is 12.2. The molecule has 8 nitrogen and oxygen atoms in total. The number of unbranched alkanes of at least 4 members (excludes halogenated alkanes) is 1. The smallest absolute Gasteiger partial charge is 0.257 e. The minimum Gasteiger partial charge on any atom is -0.493 e. The van der Waals surface area contributed by atoms with E-state index in [4.69, 9.17) is 9.47 Å². The first-order chi connectivity index (χ1) is 17.9. The number of amides is 2. The summed E-state index contributed by atoms with van der Waals surface area (Å²) in [7, 11) is 5.19. The molecule has 9 heteroatoms. The minimum atomic E-state index is -0.240. The molecule has 2 heterocycles. The predicted molar refractivity (Wildman–Crippen MR) is 146 cm³/mol. The minimum absolute atomic E-state index is 0.207. The number of rotatable bonds is 10. The first kappa shape index (κ1) is 26.6. The number of methoxy groups -OCH3 is 2. The summed E-state index contributed by atoms with van der Waals surface area (Å²) in [5, 5.41) is 6.74. The molecular formula is C28H34N4O4S. The Balaban J connectivity index is 1.50. The Hall–Kier alpha value is -3.43. The lowest BCUT2D eigenvalue weighted by molar-refractivity contribution is 0.0933. The molecule has 0 aliphatic carbocycles. The van der Waals surface area contributed by atoms with E-state index in [1.807, 2.05) is 18.2 Å². The average Bonchev–Trinajstić information content (AvgIpc) is 3.31. The summed E-state index contributed by atoms with van der Waals surface area (Å²) in [6.45, 7) is 3.94. The van der Waals surface area contributed by atoms with E-state index in [1.165, 1.54) is 16.2 Å². The Morgan fingerprint density at radius 2 is 1.86 bits per heavy atom. The van der Waals surface area contributed by atoms with Crippen LogP contribution in [0.4, 0.5) is 5.13 Å². The van der Waals surface area contributed by atoms with Gasteiger partial charge in [-0.3, -0.25) is 14.9 Å². The molecule has 2 N–H and O–H groups in total. The van der Waals surface area contributed by atoms with E-state index in [1.54, 1.807) is 38.5 Å². The summed E-state index contributed by atoms with van der Waals surface area (Å²) in [4.78, 5) is 34.3. The van der Waals surface area contributed by atoms with Crippen molar-refractivity contribution in [3.8, 4) is 11.5 Å². The number of anilines is 1. The van der Waals surface area contributed by atoms with Crippen LogP contribution in [0, 0.1) is 0 Å². The van der Waals surface area contributed by atoms with Crippen molar-refractivity contribution < 1.29 is 19.1 Å². The van der Waals surface area contributed by atoms with E-state index in [9.17, 15) is 9.59 Å². The van der Waals surface area contributed by atoms with Crippen molar-refractivity contribution in [3.05, 3.63) is 69.7 Å². The quantitative estimate of drug-likeness (QED) is 0.387. The number of carbonyl (C=O) groups excluding carboxylic acids is 2. The number of nitrogens with zero attached hydrogens (tertiary/aromatic N) is 2. The Morgan fingerprint density at radius 3 is 2.62 bits per heavy atom. The van der Waals surface area contributed by atoms with Crippen LogP contribution in [-0.2, 0) is 13.0 Å². The van der Waals surface area contributed by atoms with Gasteiger partial charge in [0, 0.05) is 35.5 Å². The Morgan fingerprint density at radius 1 is 1.08 bits per heavy atom. The summed E-state index contributed by atoms with van der Waals surface area (Å²) in [5.74, 6) is 0.639. The van der Waals surface area contributed by atoms with E-state index >= 15 is 0 Å². The molecule has 2 aromatic carbocycles. The Labute approximate surface area is 222 Å². The van der Waals surface area contributed by atoms with Gasteiger partial charge in [0.15, 0.2) is 16.6 Å². The summed E-state index contributed by atoms with van der Waals surface area (Å²) < 4.78 is 10.6. The first-order valence-electron chi connectivity index (χ1n) is 12.5. The van der Waals surface area contributed by atoms with Gasteiger partial charge in [0.05, 0.1) is 26.0 Å². The standard InChI is InChI=1S/C28H34N4O4S/c1-5-6-10-21(29-26(33)20-11-12-23(35-3)24(16-20)36-4)18-8-7-9-19(15-18)27(34)31-28-30-22-13-14-32(2)17-25(22)37-28/h7-9,11-12,15-16,21H,5-6,10,13-14,17H2,1-4H3,(H,29,33)(H,30,31,34). The third-order valence-corrected chi connectivity index (χ3v) is 7.49. The molecule has 4 rings (SSSR count). The van der Waals surface area contributed by atoms with Gasteiger partial charge in [-0.2, -0.15) is 0 Å². The van der Waals surface area contributed by atoms with Gasteiger partial charge in [0.1, 0.15) is 0 Å². The largest absolute Gasteiger partial charge is 0.493 e. The number of hydrogen-bond acceptors (Lipinski definition) is 7. The van der Waals surface area contributed by atoms with Crippen molar-refractivity contribution in [1.29, 1.82) is 0 Å².